The van der Waals surface area contributed by atoms with Crippen LogP contribution in [0.15, 0.2) is 0 Å². The van der Waals surface area contributed by atoms with Crippen molar-refractivity contribution in [2.24, 2.45) is 46.2 Å². The lowest BCUT2D eigenvalue weighted by Gasteiger charge is -2.62. The SMILES string of the molecule is C[C@]12CCC(=O)CC1CC(CCCCCCCCCCCCCC(N)=O)[C@@H]1[C@H]2CC[C@]2(C)C(O)CC[C@@H]12. The van der Waals surface area contributed by atoms with E-state index in [9.17, 15) is 14.7 Å². The van der Waals surface area contributed by atoms with E-state index in [0.717, 1.165) is 56.3 Å². The maximum Gasteiger partial charge on any atom is 0.217 e. The molecule has 0 saturated heterocycles. The second kappa shape index (κ2) is 13.0. The number of carbonyl (C=O) groups is 2. The minimum absolute atomic E-state index is 0.104. The third kappa shape index (κ3) is 6.64. The Morgan fingerprint density at radius 3 is 2.08 bits per heavy atom. The van der Waals surface area contributed by atoms with Crippen LogP contribution in [0.25, 0.3) is 0 Å². The van der Waals surface area contributed by atoms with Crippen molar-refractivity contribution in [1.29, 1.82) is 0 Å². The largest absolute Gasteiger partial charge is 0.393 e. The van der Waals surface area contributed by atoms with Gasteiger partial charge in [0.05, 0.1) is 6.10 Å². The highest BCUT2D eigenvalue weighted by Crippen LogP contribution is 2.67. The van der Waals surface area contributed by atoms with E-state index < -0.39 is 0 Å². The van der Waals surface area contributed by atoms with Gasteiger partial charge in [0.1, 0.15) is 5.78 Å². The minimum atomic E-state index is -0.166. The van der Waals surface area contributed by atoms with Crippen LogP contribution in [-0.4, -0.2) is 22.9 Å². The van der Waals surface area contributed by atoms with Crippen molar-refractivity contribution in [2.45, 2.75) is 155 Å². The maximum atomic E-state index is 12.5. The molecule has 0 radical (unpaired) electrons. The number of Topliss-reactive ketones (excluding diaryl/α,β-unsaturated/α-hetero) is 1. The van der Waals surface area contributed by atoms with E-state index in [1.807, 2.05) is 0 Å². The van der Waals surface area contributed by atoms with Crippen LogP contribution in [-0.2, 0) is 9.59 Å². The summed E-state index contributed by atoms with van der Waals surface area (Å²) in [7, 11) is 0. The molecular weight excluding hydrogens is 458 g/mol. The van der Waals surface area contributed by atoms with Gasteiger partial charge in [0, 0.05) is 19.3 Å². The van der Waals surface area contributed by atoms with Crippen LogP contribution < -0.4 is 5.73 Å². The molecule has 8 atom stereocenters. The molecule has 4 heteroatoms. The molecular formula is C33H57NO3. The van der Waals surface area contributed by atoms with Gasteiger partial charge >= 0.3 is 0 Å². The van der Waals surface area contributed by atoms with Crippen molar-refractivity contribution in [1.82, 2.24) is 0 Å². The lowest BCUT2D eigenvalue weighted by Crippen LogP contribution is -2.57. The summed E-state index contributed by atoms with van der Waals surface area (Å²) in [6, 6.07) is 0. The molecule has 0 spiro atoms. The van der Waals surface area contributed by atoms with Crippen LogP contribution in [0, 0.1) is 40.4 Å². The van der Waals surface area contributed by atoms with Gasteiger partial charge in [-0.2, -0.15) is 0 Å². The molecule has 0 aromatic rings. The van der Waals surface area contributed by atoms with E-state index >= 15 is 0 Å². The number of rotatable bonds is 14. The van der Waals surface area contributed by atoms with Gasteiger partial charge in [-0.05, 0) is 85.4 Å². The monoisotopic (exact) mass is 515 g/mol. The fourth-order valence-corrected chi connectivity index (χ4v) is 9.79. The van der Waals surface area contributed by atoms with Gasteiger partial charge in [-0.25, -0.2) is 0 Å². The van der Waals surface area contributed by atoms with Crippen molar-refractivity contribution in [3.8, 4) is 0 Å². The van der Waals surface area contributed by atoms with Crippen LogP contribution in [0.3, 0.4) is 0 Å². The average molecular weight is 516 g/mol. The molecule has 0 aromatic heterocycles. The predicted octanol–water partition coefficient (Wildman–Crippen LogP) is 7.74. The van der Waals surface area contributed by atoms with E-state index in [-0.39, 0.29) is 17.4 Å². The van der Waals surface area contributed by atoms with Crippen molar-refractivity contribution < 1.29 is 14.7 Å². The molecule has 4 saturated carbocycles. The fourth-order valence-electron chi connectivity index (χ4n) is 9.79. The van der Waals surface area contributed by atoms with Crippen LogP contribution in [0.4, 0.5) is 0 Å². The molecule has 4 aliphatic rings. The summed E-state index contributed by atoms with van der Waals surface area (Å²) < 4.78 is 0. The topological polar surface area (TPSA) is 80.4 Å². The molecule has 37 heavy (non-hydrogen) atoms. The maximum absolute atomic E-state index is 12.5. The number of aliphatic hydroxyl groups is 1. The Labute approximate surface area is 227 Å². The van der Waals surface area contributed by atoms with Gasteiger partial charge in [0.15, 0.2) is 0 Å². The Hall–Kier alpha value is -0.900. The summed E-state index contributed by atoms with van der Waals surface area (Å²) in [6.07, 6.45) is 24.6. The molecule has 1 amide bonds. The smallest absolute Gasteiger partial charge is 0.217 e. The normalized spacial score (nSPS) is 39.2. The lowest BCUT2D eigenvalue weighted by atomic mass is 9.42. The van der Waals surface area contributed by atoms with E-state index in [2.05, 4.69) is 13.8 Å². The van der Waals surface area contributed by atoms with Crippen molar-refractivity contribution in [3.05, 3.63) is 0 Å². The number of unbranched alkanes of at least 4 members (excludes halogenated alkanes) is 10. The summed E-state index contributed by atoms with van der Waals surface area (Å²) in [6.45, 7) is 4.95. The zero-order valence-corrected chi connectivity index (χ0v) is 24.2. The van der Waals surface area contributed by atoms with Crippen LogP contribution in [0.1, 0.15) is 149 Å². The van der Waals surface area contributed by atoms with Crippen LogP contribution in [0.2, 0.25) is 0 Å². The van der Waals surface area contributed by atoms with Crippen LogP contribution >= 0.6 is 0 Å². The first kappa shape index (κ1) is 29.1. The number of ketones is 1. The molecule has 212 valence electrons. The molecule has 0 heterocycles. The first-order valence-electron chi connectivity index (χ1n) is 16.2. The number of hydrogen-bond donors (Lipinski definition) is 2. The van der Waals surface area contributed by atoms with E-state index in [1.54, 1.807) is 0 Å². The summed E-state index contributed by atoms with van der Waals surface area (Å²) in [5, 5.41) is 10.9. The van der Waals surface area contributed by atoms with E-state index in [4.69, 9.17) is 5.73 Å². The predicted molar refractivity (Wildman–Crippen MR) is 151 cm³/mol. The highest BCUT2D eigenvalue weighted by molar-refractivity contribution is 5.79. The Balaban J connectivity index is 1.21. The Bertz CT molecular complexity index is 767. The summed E-state index contributed by atoms with van der Waals surface area (Å²) in [5.74, 6) is 3.95. The molecule has 3 unspecified atom stereocenters. The average Bonchev–Trinajstić information content (AvgIpc) is 3.17. The van der Waals surface area contributed by atoms with Gasteiger partial charge in [-0.3, -0.25) is 9.59 Å². The molecule has 4 rings (SSSR count). The minimum Gasteiger partial charge on any atom is -0.393 e. The van der Waals surface area contributed by atoms with Gasteiger partial charge in [0.2, 0.25) is 5.91 Å². The highest BCUT2D eigenvalue weighted by Gasteiger charge is 2.62. The number of carbonyl (C=O) groups excluding carboxylic acids is 2. The third-order valence-corrected chi connectivity index (χ3v) is 12.1. The number of fused-ring (bicyclic) bond motifs is 5. The van der Waals surface area contributed by atoms with Crippen LogP contribution in [0.5, 0.6) is 0 Å². The van der Waals surface area contributed by atoms with Gasteiger partial charge in [-0.1, -0.05) is 84.5 Å². The molecule has 4 aliphatic carbocycles. The number of aliphatic hydroxyl groups excluding tert-OH is 1. The first-order chi connectivity index (χ1) is 17.8. The highest BCUT2D eigenvalue weighted by atomic mass is 16.3. The first-order valence-corrected chi connectivity index (χ1v) is 16.2. The Morgan fingerprint density at radius 1 is 0.838 bits per heavy atom. The number of primary amides is 1. The standard InChI is InChI=1S/C33H57NO3/c1-32-20-18-26(35)23-25(32)22-24(31-27-16-17-29(36)33(27,2)21-19-28(31)32)14-12-10-8-6-4-3-5-7-9-11-13-15-30(34)37/h24-25,27-29,31,36H,3-23H2,1-2H3,(H2,34,37)/t24?,25?,27-,28+,29?,31-,32-,33-/m0/s1. The van der Waals surface area contributed by atoms with E-state index in [0.29, 0.717) is 29.5 Å². The zero-order chi connectivity index (χ0) is 26.5. The summed E-state index contributed by atoms with van der Waals surface area (Å²) in [4.78, 5) is 23.2. The van der Waals surface area contributed by atoms with Crippen molar-refractivity contribution in [3.63, 3.8) is 0 Å². The molecule has 3 N–H and O–H groups in total. The molecule has 0 bridgehead atoms. The summed E-state index contributed by atoms with van der Waals surface area (Å²) in [5.41, 5.74) is 5.69. The van der Waals surface area contributed by atoms with Crippen molar-refractivity contribution in [2.75, 3.05) is 0 Å². The Morgan fingerprint density at radius 2 is 1.43 bits per heavy atom. The third-order valence-electron chi connectivity index (χ3n) is 12.1. The van der Waals surface area contributed by atoms with Gasteiger partial charge in [0.25, 0.3) is 0 Å². The Kier molecular flexibility index (Phi) is 10.2. The molecule has 4 fully saturated rings. The lowest BCUT2D eigenvalue weighted by molar-refractivity contribution is -0.156. The molecule has 0 aromatic carbocycles. The summed E-state index contributed by atoms with van der Waals surface area (Å²) >= 11 is 0. The quantitative estimate of drug-likeness (QED) is 0.232. The van der Waals surface area contributed by atoms with Gasteiger partial charge in [-0.15, -0.1) is 0 Å². The second-order valence-electron chi connectivity index (χ2n) is 14.3. The van der Waals surface area contributed by atoms with Crippen molar-refractivity contribution >= 4 is 11.7 Å². The zero-order valence-electron chi connectivity index (χ0n) is 24.2. The van der Waals surface area contributed by atoms with Gasteiger partial charge < -0.3 is 10.8 Å². The number of hydrogen-bond acceptors (Lipinski definition) is 3. The van der Waals surface area contributed by atoms with E-state index in [1.165, 1.54) is 89.9 Å². The molecule has 4 nitrogen and oxygen atoms in total. The fraction of sp³-hybridized carbons (Fsp3) is 0.939. The number of amides is 1. The second-order valence-corrected chi connectivity index (χ2v) is 14.3. The number of nitrogens with two attached hydrogens (primary N) is 1. The molecule has 0 aliphatic heterocycles.